The highest BCUT2D eigenvalue weighted by Gasteiger charge is 2.38. The summed E-state index contributed by atoms with van der Waals surface area (Å²) in [5, 5.41) is 16.4. The molecular weight excluding hydrogens is 510 g/mol. The summed E-state index contributed by atoms with van der Waals surface area (Å²) in [7, 11) is -3.57. The van der Waals surface area contributed by atoms with Gasteiger partial charge in [-0.3, -0.25) is 4.79 Å². The maximum atomic E-state index is 12.4. The van der Waals surface area contributed by atoms with E-state index in [-0.39, 0.29) is 17.8 Å². The summed E-state index contributed by atoms with van der Waals surface area (Å²) in [5.41, 5.74) is 3.01. The van der Waals surface area contributed by atoms with E-state index < -0.39 is 20.5 Å². The summed E-state index contributed by atoms with van der Waals surface area (Å²) in [4.78, 5) is 21.1. The summed E-state index contributed by atoms with van der Waals surface area (Å²) in [5.74, 6) is 0.843. The number of carbonyl (C=O) groups is 1. The molecule has 0 aliphatic carbocycles. The second-order valence-electron chi connectivity index (χ2n) is 9.23. The molecule has 2 aromatic carbocycles. The van der Waals surface area contributed by atoms with Crippen molar-refractivity contribution in [1.82, 2.24) is 19.9 Å². The van der Waals surface area contributed by atoms with Crippen LogP contribution in [0.2, 0.25) is 0 Å². The zero-order valence-electron chi connectivity index (χ0n) is 21.5. The van der Waals surface area contributed by atoms with E-state index in [2.05, 4.69) is 20.6 Å². The number of aryl methyl sites for hydroxylation is 1. The molecule has 38 heavy (non-hydrogen) atoms. The monoisotopic (exact) mass is 541 g/mol. The Morgan fingerprint density at radius 1 is 1.13 bits per heavy atom. The average Bonchev–Trinajstić information content (AvgIpc) is 3.24. The quantitative estimate of drug-likeness (QED) is 0.291. The lowest BCUT2D eigenvalue weighted by molar-refractivity contribution is -0.122. The Kier molecular flexibility index (Phi) is 8.28. The van der Waals surface area contributed by atoms with E-state index >= 15 is 0 Å². The molecule has 0 unspecified atom stereocenters. The number of benzene rings is 2. The number of aromatic hydroxyl groups is 1. The second-order valence-corrected chi connectivity index (χ2v) is 11.8. The first-order valence-electron chi connectivity index (χ1n) is 11.6. The molecule has 0 atom stereocenters. The minimum atomic E-state index is -3.57. The highest BCUT2D eigenvalue weighted by Crippen LogP contribution is 2.34. The van der Waals surface area contributed by atoms with Crippen molar-refractivity contribution < 1.29 is 28.5 Å². The van der Waals surface area contributed by atoms with E-state index in [1.54, 1.807) is 18.2 Å². The third kappa shape index (κ3) is 6.03. The van der Waals surface area contributed by atoms with Crippen LogP contribution in [0.25, 0.3) is 11.0 Å². The fourth-order valence-corrected chi connectivity index (χ4v) is 4.01. The molecule has 0 bridgehead atoms. The molecule has 0 aliphatic rings. The number of hydrogen-bond acceptors (Lipinski definition) is 8. The van der Waals surface area contributed by atoms with Gasteiger partial charge in [-0.15, -0.1) is 0 Å². The molecule has 5 N–H and O–H groups in total. The Hall–Kier alpha value is -4.16. The molecule has 2 aromatic heterocycles. The van der Waals surface area contributed by atoms with Crippen molar-refractivity contribution in [2.45, 2.75) is 32.1 Å². The topological polar surface area (TPSA) is 167 Å². The Morgan fingerprint density at radius 2 is 1.89 bits per heavy atom. The van der Waals surface area contributed by atoms with Crippen molar-refractivity contribution in [3.8, 4) is 17.2 Å². The molecule has 0 spiro atoms. The van der Waals surface area contributed by atoms with Crippen molar-refractivity contribution in [3.63, 3.8) is 0 Å². The number of carbonyl (C=O) groups excluding carboxylic acids is 1. The zero-order chi connectivity index (χ0) is 26.8. The molecule has 0 aliphatic heterocycles. The molecule has 0 saturated heterocycles. The molecule has 2 heterocycles. The summed E-state index contributed by atoms with van der Waals surface area (Å²) in [6, 6.07) is 14.3. The van der Waals surface area contributed by atoms with E-state index in [1.165, 1.54) is 20.2 Å². The van der Waals surface area contributed by atoms with Gasteiger partial charge >= 0.3 is 0 Å². The van der Waals surface area contributed by atoms with Crippen LogP contribution in [0, 0.1) is 6.92 Å². The summed E-state index contributed by atoms with van der Waals surface area (Å²) in [6.45, 7) is 5.30. The van der Waals surface area contributed by atoms with Crippen LogP contribution in [0.15, 0.2) is 61.1 Å². The Morgan fingerprint density at radius 3 is 2.58 bits per heavy atom. The predicted molar refractivity (Wildman–Crippen MR) is 146 cm³/mol. The summed E-state index contributed by atoms with van der Waals surface area (Å²) in [6.07, 6.45) is 4.29. The fourth-order valence-electron chi connectivity index (χ4n) is 3.61. The zero-order valence-corrected chi connectivity index (χ0v) is 22.3. The van der Waals surface area contributed by atoms with Gasteiger partial charge in [-0.2, -0.15) is 0 Å². The summed E-state index contributed by atoms with van der Waals surface area (Å²) < 4.78 is 30.0. The van der Waals surface area contributed by atoms with Gasteiger partial charge in [0, 0.05) is 37.3 Å². The largest absolute Gasteiger partial charge is 0.504 e. The maximum absolute atomic E-state index is 12.4. The van der Waals surface area contributed by atoms with Gasteiger partial charge in [0.15, 0.2) is 27.2 Å². The second kappa shape index (κ2) is 11.1. The van der Waals surface area contributed by atoms with E-state index in [1.807, 2.05) is 48.0 Å². The van der Waals surface area contributed by atoms with E-state index in [0.29, 0.717) is 40.6 Å². The predicted octanol–water partition coefficient (Wildman–Crippen LogP) is 3.10. The normalized spacial score (nSPS) is 11.6. The molecule has 1 amide bonds. The van der Waals surface area contributed by atoms with Gasteiger partial charge in [0.05, 0.1) is 5.52 Å². The SMILES string of the molecule is Cc1cccc(Oc2ccc(Nc3ncnc4ccn(CCNC(=O)C(C)(C)S(C)(=O)=O)c34)cc2O)c1.O. The van der Waals surface area contributed by atoms with Crippen LogP contribution in [-0.2, 0) is 21.2 Å². The Labute approximate surface area is 220 Å². The first-order valence-corrected chi connectivity index (χ1v) is 13.5. The van der Waals surface area contributed by atoms with Gasteiger partial charge < -0.3 is 30.5 Å². The maximum Gasteiger partial charge on any atom is 0.240 e. The van der Waals surface area contributed by atoms with Crippen molar-refractivity contribution in [1.29, 1.82) is 0 Å². The van der Waals surface area contributed by atoms with Crippen LogP contribution in [0.1, 0.15) is 19.4 Å². The highest BCUT2D eigenvalue weighted by molar-refractivity contribution is 7.92. The van der Waals surface area contributed by atoms with Gasteiger partial charge in [0.1, 0.15) is 22.3 Å². The van der Waals surface area contributed by atoms with E-state index in [0.717, 1.165) is 11.8 Å². The van der Waals surface area contributed by atoms with Crippen LogP contribution in [-0.4, -0.2) is 57.0 Å². The number of hydrogen-bond donors (Lipinski definition) is 3. The number of anilines is 2. The number of rotatable bonds is 9. The van der Waals surface area contributed by atoms with Crippen LogP contribution >= 0.6 is 0 Å². The molecule has 0 saturated carbocycles. The third-order valence-electron chi connectivity index (χ3n) is 6.10. The lowest BCUT2D eigenvalue weighted by Gasteiger charge is -2.21. The van der Waals surface area contributed by atoms with Crippen LogP contribution < -0.4 is 15.4 Å². The number of ether oxygens (including phenoxy) is 1. The minimum Gasteiger partial charge on any atom is -0.504 e. The summed E-state index contributed by atoms with van der Waals surface area (Å²) >= 11 is 0. The number of sulfone groups is 1. The van der Waals surface area contributed by atoms with Gasteiger partial charge in [-0.1, -0.05) is 12.1 Å². The van der Waals surface area contributed by atoms with Gasteiger partial charge in [0.25, 0.3) is 0 Å². The van der Waals surface area contributed by atoms with Crippen molar-refractivity contribution in [2.75, 3.05) is 18.1 Å². The lowest BCUT2D eigenvalue weighted by atomic mass is 10.2. The molecule has 202 valence electrons. The molecule has 0 fully saturated rings. The molecular formula is C26H31N5O6S. The molecule has 11 nitrogen and oxygen atoms in total. The number of fused-ring (bicyclic) bond motifs is 1. The lowest BCUT2D eigenvalue weighted by Crippen LogP contribution is -2.48. The minimum absolute atomic E-state index is 0. The average molecular weight is 542 g/mol. The Balaban J connectivity index is 0.00000400. The van der Waals surface area contributed by atoms with Crippen LogP contribution in [0.5, 0.6) is 17.2 Å². The number of nitrogens with zero attached hydrogens (tertiary/aromatic N) is 3. The van der Waals surface area contributed by atoms with Crippen LogP contribution in [0.4, 0.5) is 11.5 Å². The molecule has 4 aromatic rings. The molecule has 12 heteroatoms. The fraction of sp³-hybridized carbons (Fsp3) is 0.269. The van der Waals surface area contributed by atoms with Crippen molar-refractivity contribution >= 4 is 38.3 Å². The highest BCUT2D eigenvalue weighted by atomic mass is 32.2. The van der Waals surface area contributed by atoms with Gasteiger partial charge in [-0.05, 0) is 56.7 Å². The third-order valence-corrected chi connectivity index (χ3v) is 8.14. The molecule has 0 radical (unpaired) electrons. The van der Waals surface area contributed by atoms with E-state index in [4.69, 9.17) is 4.74 Å². The first kappa shape index (κ1) is 28.4. The molecule has 4 rings (SSSR count). The van der Waals surface area contributed by atoms with Gasteiger partial charge in [-0.25, -0.2) is 18.4 Å². The number of nitrogens with one attached hydrogen (secondary N) is 2. The smallest absolute Gasteiger partial charge is 0.240 e. The number of amides is 1. The van der Waals surface area contributed by atoms with Gasteiger partial charge in [0.2, 0.25) is 5.91 Å². The van der Waals surface area contributed by atoms with Crippen molar-refractivity contribution in [2.24, 2.45) is 0 Å². The van der Waals surface area contributed by atoms with Crippen LogP contribution in [0.3, 0.4) is 0 Å². The van der Waals surface area contributed by atoms with E-state index in [9.17, 15) is 18.3 Å². The standard InChI is InChI=1S/C26H29N5O5S.H2O/c1-17-6-5-7-19(14-17)36-22-9-8-18(15-21(22)32)30-24-23-20(28-16-29-24)10-12-31(23)13-11-27-25(33)26(2,3)37(4,34)35;/h5-10,12,14-16,32H,11,13H2,1-4H3,(H,27,33)(H,28,29,30);1H2. The Bertz CT molecular complexity index is 1570. The first-order chi connectivity index (χ1) is 17.5. The number of aromatic nitrogens is 3. The number of phenols is 1. The number of phenolic OH excluding ortho intramolecular Hbond substituents is 1. The van der Waals surface area contributed by atoms with Crippen molar-refractivity contribution in [3.05, 3.63) is 66.6 Å².